The molecule has 0 heterocycles. The van der Waals surface area contributed by atoms with Crippen molar-refractivity contribution in [3.05, 3.63) is 53.6 Å². The average Bonchev–Trinajstić information content (AvgIpc) is 2.35. The van der Waals surface area contributed by atoms with Crippen molar-refractivity contribution >= 4 is 10.8 Å². The van der Waals surface area contributed by atoms with Crippen LogP contribution in [0.25, 0.3) is 10.8 Å². The first-order valence-electron chi connectivity index (χ1n) is 5.90. The summed E-state index contributed by atoms with van der Waals surface area (Å²) in [4.78, 5) is 0. The van der Waals surface area contributed by atoms with Crippen molar-refractivity contribution in [1.82, 2.24) is 0 Å². The Kier molecular flexibility index (Phi) is 3.48. The van der Waals surface area contributed by atoms with Crippen molar-refractivity contribution in [3.63, 3.8) is 0 Å². The van der Waals surface area contributed by atoms with Gasteiger partial charge in [0.05, 0.1) is 7.11 Å². The second kappa shape index (κ2) is 5.05. The van der Waals surface area contributed by atoms with Gasteiger partial charge in [-0.25, -0.2) is 0 Å². The summed E-state index contributed by atoms with van der Waals surface area (Å²) in [5.41, 5.74) is 2.60. The molecule has 0 spiro atoms. The van der Waals surface area contributed by atoms with Gasteiger partial charge in [0.1, 0.15) is 5.75 Å². The van der Waals surface area contributed by atoms with Crippen LogP contribution >= 0.6 is 0 Å². The lowest BCUT2D eigenvalue weighted by Gasteiger charge is -2.10. The standard InChI is InChI=1S/C16H18O/c1-12(2)8-10-15-14-7-5-4-6-13(14)9-11-16(15)17-3/h4-9,11H,10H2,1-3H3. The molecule has 2 aromatic rings. The van der Waals surface area contributed by atoms with Crippen molar-refractivity contribution in [1.29, 1.82) is 0 Å². The van der Waals surface area contributed by atoms with Gasteiger partial charge in [-0.1, -0.05) is 42.0 Å². The highest BCUT2D eigenvalue weighted by molar-refractivity contribution is 5.87. The van der Waals surface area contributed by atoms with Gasteiger partial charge in [-0.15, -0.1) is 0 Å². The summed E-state index contributed by atoms with van der Waals surface area (Å²) in [7, 11) is 1.73. The molecule has 0 bridgehead atoms. The van der Waals surface area contributed by atoms with Crippen LogP contribution in [-0.4, -0.2) is 7.11 Å². The highest BCUT2D eigenvalue weighted by Gasteiger charge is 2.06. The Balaban J connectivity index is 2.58. The van der Waals surface area contributed by atoms with Crippen LogP contribution in [0.5, 0.6) is 5.75 Å². The highest BCUT2D eigenvalue weighted by atomic mass is 16.5. The van der Waals surface area contributed by atoms with Crippen LogP contribution in [0.4, 0.5) is 0 Å². The molecule has 88 valence electrons. The zero-order valence-electron chi connectivity index (χ0n) is 10.7. The molecular formula is C16H18O. The fourth-order valence-electron chi connectivity index (χ4n) is 2.02. The minimum absolute atomic E-state index is 0.923. The third kappa shape index (κ3) is 2.50. The smallest absolute Gasteiger partial charge is 0.123 e. The summed E-state index contributed by atoms with van der Waals surface area (Å²) < 4.78 is 5.46. The minimum Gasteiger partial charge on any atom is -0.496 e. The Morgan fingerprint density at radius 1 is 1.12 bits per heavy atom. The Morgan fingerprint density at radius 3 is 2.59 bits per heavy atom. The van der Waals surface area contributed by atoms with Crippen LogP contribution in [0.15, 0.2) is 48.0 Å². The second-order valence-electron chi connectivity index (χ2n) is 4.45. The van der Waals surface area contributed by atoms with Crippen LogP contribution < -0.4 is 4.74 Å². The fraction of sp³-hybridized carbons (Fsp3) is 0.250. The number of allylic oxidation sites excluding steroid dienone is 2. The van der Waals surface area contributed by atoms with E-state index >= 15 is 0 Å². The van der Waals surface area contributed by atoms with E-state index in [-0.39, 0.29) is 0 Å². The highest BCUT2D eigenvalue weighted by Crippen LogP contribution is 2.28. The number of hydrogen-bond donors (Lipinski definition) is 0. The summed E-state index contributed by atoms with van der Waals surface area (Å²) in [6.45, 7) is 4.25. The molecule has 0 fully saturated rings. The SMILES string of the molecule is COc1ccc2ccccc2c1CC=C(C)C. The molecule has 0 amide bonds. The molecule has 0 N–H and O–H groups in total. The first-order valence-corrected chi connectivity index (χ1v) is 5.90. The molecule has 0 saturated carbocycles. The number of benzene rings is 2. The van der Waals surface area contributed by atoms with Gasteiger partial charge in [-0.3, -0.25) is 0 Å². The molecule has 0 radical (unpaired) electrons. The van der Waals surface area contributed by atoms with Crippen LogP contribution in [0, 0.1) is 0 Å². The normalized spacial score (nSPS) is 10.3. The third-order valence-corrected chi connectivity index (χ3v) is 2.93. The zero-order valence-corrected chi connectivity index (χ0v) is 10.7. The van der Waals surface area contributed by atoms with E-state index < -0.39 is 0 Å². The van der Waals surface area contributed by atoms with Crippen molar-refractivity contribution in [3.8, 4) is 5.75 Å². The van der Waals surface area contributed by atoms with E-state index in [0.29, 0.717) is 0 Å². The Hall–Kier alpha value is -1.76. The summed E-state index contributed by atoms with van der Waals surface area (Å²) >= 11 is 0. The summed E-state index contributed by atoms with van der Waals surface area (Å²) in [6, 6.07) is 12.6. The van der Waals surface area contributed by atoms with Crippen molar-refractivity contribution in [2.45, 2.75) is 20.3 Å². The molecule has 2 rings (SSSR count). The zero-order chi connectivity index (χ0) is 12.3. The van der Waals surface area contributed by atoms with E-state index in [1.807, 2.05) is 0 Å². The molecule has 17 heavy (non-hydrogen) atoms. The van der Waals surface area contributed by atoms with Gasteiger partial charge in [0, 0.05) is 5.56 Å². The Bertz CT molecular complexity index is 548. The van der Waals surface area contributed by atoms with Gasteiger partial charge in [0.15, 0.2) is 0 Å². The van der Waals surface area contributed by atoms with Gasteiger partial charge in [-0.05, 0) is 37.1 Å². The maximum absolute atomic E-state index is 5.46. The predicted molar refractivity (Wildman–Crippen MR) is 73.6 cm³/mol. The van der Waals surface area contributed by atoms with Crippen molar-refractivity contribution < 1.29 is 4.74 Å². The van der Waals surface area contributed by atoms with Crippen LogP contribution in [-0.2, 0) is 6.42 Å². The van der Waals surface area contributed by atoms with Gasteiger partial charge < -0.3 is 4.74 Å². The monoisotopic (exact) mass is 226 g/mol. The molecule has 0 unspecified atom stereocenters. The largest absolute Gasteiger partial charge is 0.496 e. The van der Waals surface area contributed by atoms with Crippen molar-refractivity contribution in [2.75, 3.05) is 7.11 Å². The maximum atomic E-state index is 5.46. The molecule has 0 atom stereocenters. The van der Waals surface area contributed by atoms with E-state index in [9.17, 15) is 0 Å². The number of fused-ring (bicyclic) bond motifs is 1. The van der Waals surface area contributed by atoms with Gasteiger partial charge in [0.25, 0.3) is 0 Å². The van der Waals surface area contributed by atoms with Crippen LogP contribution in [0.3, 0.4) is 0 Å². The first kappa shape index (κ1) is 11.7. The number of rotatable bonds is 3. The lowest BCUT2D eigenvalue weighted by atomic mass is 10.0. The van der Waals surface area contributed by atoms with E-state index in [4.69, 9.17) is 4.74 Å². The predicted octanol–water partition coefficient (Wildman–Crippen LogP) is 4.36. The van der Waals surface area contributed by atoms with Crippen LogP contribution in [0.1, 0.15) is 19.4 Å². The molecule has 0 aromatic heterocycles. The van der Waals surface area contributed by atoms with Gasteiger partial charge in [0.2, 0.25) is 0 Å². The van der Waals surface area contributed by atoms with Gasteiger partial charge >= 0.3 is 0 Å². The lowest BCUT2D eigenvalue weighted by molar-refractivity contribution is 0.411. The molecule has 0 saturated heterocycles. The second-order valence-corrected chi connectivity index (χ2v) is 4.45. The van der Waals surface area contributed by atoms with E-state index in [1.165, 1.54) is 21.9 Å². The molecular weight excluding hydrogens is 208 g/mol. The van der Waals surface area contributed by atoms with E-state index in [0.717, 1.165) is 12.2 Å². The van der Waals surface area contributed by atoms with Gasteiger partial charge in [-0.2, -0.15) is 0 Å². The molecule has 1 nitrogen and oxygen atoms in total. The quantitative estimate of drug-likeness (QED) is 0.707. The van der Waals surface area contributed by atoms with E-state index in [2.05, 4.69) is 56.3 Å². The van der Waals surface area contributed by atoms with Crippen molar-refractivity contribution in [2.24, 2.45) is 0 Å². The molecule has 0 aliphatic heterocycles. The average molecular weight is 226 g/mol. The first-order chi connectivity index (χ1) is 8.22. The number of methoxy groups -OCH3 is 1. The van der Waals surface area contributed by atoms with E-state index in [1.54, 1.807) is 7.11 Å². The summed E-state index contributed by atoms with van der Waals surface area (Å²) in [5, 5.41) is 2.55. The molecule has 1 heteroatoms. The molecule has 0 aliphatic rings. The third-order valence-electron chi connectivity index (χ3n) is 2.93. The number of hydrogen-bond acceptors (Lipinski definition) is 1. The number of ether oxygens (including phenoxy) is 1. The lowest BCUT2D eigenvalue weighted by Crippen LogP contribution is -1.92. The topological polar surface area (TPSA) is 9.23 Å². The minimum atomic E-state index is 0.923. The summed E-state index contributed by atoms with van der Waals surface area (Å²) in [5.74, 6) is 0.973. The maximum Gasteiger partial charge on any atom is 0.123 e. The Labute approximate surface area is 103 Å². The Morgan fingerprint density at radius 2 is 1.88 bits per heavy atom. The molecule has 2 aromatic carbocycles. The fourth-order valence-corrected chi connectivity index (χ4v) is 2.02. The van der Waals surface area contributed by atoms with Crippen LogP contribution in [0.2, 0.25) is 0 Å². The molecule has 0 aliphatic carbocycles. The summed E-state index contributed by atoms with van der Waals surface area (Å²) in [6.07, 6.45) is 3.16.